The number of rotatable bonds is 4. The van der Waals surface area contributed by atoms with Crippen LogP contribution in [0, 0.1) is 6.92 Å². The van der Waals surface area contributed by atoms with Crippen molar-refractivity contribution < 1.29 is 4.74 Å². The third-order valence-corrected chi connectivity index (χ3v) is 3.10. The van der Waals surface area contributed by atoms with E-state index in [0.29, 0.717) is 0 Å². The van der Waals surface area contributed by atoms with Crippen molar-refractivity contribution in [3.63, 3.8) is 0 Å². The topological polar surface area (TPSA) is 41.7 Å². The minimum Gasteiger partial charge on any atom is -0.492 e. The van der Waals surface area contributed by atoms with Gasteiger partial charge in [0, 0.05) is 32.7 Å². The fourth-order valence-electron chi connectivity index (χ4n) is 1.91. The van der Waals surface area contributed by atoms with Crippen LogP contribution in [-0.2, 0) is 0 Å². The molecule has 1 aliphatic rings. The van der Waals surface area contributed by atoms with Gasteiger partial charge in [-0.1, -0.05) is 17.7 Å². The first-order valence-corrected chi connectivity index (χ1v) is 6.15. The van der Waals surface area contributed by atoms with Gasteiger partial charge < -0.3 is 4.74 Å². The number of benzene rings is 1. The van der Waals surface area contributed by atoms with Gasteiger partial charge in [0.1, 0.15) is 12.4 Å². The van der Waals surface area contributed by atoms with Crippen LogP contribution in [0.3, 0.4) is 0 Å². The number of nitrogens with zero attached hydrogens (tertiary/aromatic N) is 2. The molecule has 0 aliphatic carbocycles. The van der Waals surface area contributed by atoms with Gasteiger partial charge in [-0.05, 0) is 19.1 Å². The summed E-state index contributed by atoms with van der Waals surface area (Å²) in [6.45, 7) is 7.77. The lowest BCUT2D eigenvalue weighted by molar-refractivity contribution is 0.118. The van der Waals surface area contributed by atoms with Crippen LogP contribution in [0.15, 0.2) is 24.3 Å². The van der Waals surface area contributed by atoms with Crippen molar-refractivity contribution in [3.8, 4) is 5.75 Å². The molecule has 0 radical (unpaired) electrons. The molecule has 1 aliphatic heterocycles. The van der Waals surface area contributed by atoms with Crippen molar-refractivity contribution in [2.75, 3.05) is 39.3 Å². The fourth-order valence-corrected chi connectivity index (χ4v) is 1.91. The van der Waals surface area contributed by atoms with Crippen LogP contribution in [-0.4, -0.2) is 49.2 Å². The summed E-state index contributed by atoms with van der Waals surface area (Å²) in [6, 6.07) is 8.19. The molecular formula is C13H21N3O. The zero-order valence-electron chi connectivity index (χ0n) is 10.4. The van der Waals surface area contributed by atoms with Crippen molar-refractivity contribution in [2.45, 2.75) is 6.92 Å². The van der Waals surface area contributed by atoms with Crippen LogP contribution in [0.1, 0.15) is 5.56 Å². The van der Waals surface area contributed by atoms with Crippen LogP contribution in [0.5, 0.6) is 5.75 Å². The van der Waals surface area contributed by atoms with E-state index in [1.54, 1.807) is 0 Å². The molecule has 4 heteroatoms. The Hall–Kier alpha value is -1.10. The van der Waals surface area contributed by atoms with Crippen LogP contribution >= 0.6 is 0 Å². The second kappa shape index (κ2) is 6.00. The predicted molar refractivity (Wildman–Crippen MR) is 68.9 cm³/mol. The Labute approximate surface area is 103 Å². The first-order chi connectivity index (χ1) is 8.24. The maximum absolute atomic E-state index is 5.71. The Balaban J connectivity index is 1.67. The molecule has 0 unspecified atom stereocenters. The van der Waals surface area contributed by atoms with Gasteiger partial charge in [-0.15, -0.1) is 0 Å². The summed E-state index contributed by atoms with van der Waals surface area (Å²) < 4.78 is 5.70. The first-order valence-electron chi connectivity index (χ1n) is 6.15. The molecule has 2 rings (SSSR count). The molecule has 17 heavy (non-hydrogen) atoms. The molecule has 1 saturated heterocycles. The van der Waals surface area contributed by atoms with E-state index in [2.05, 4.69) is 24.0 Å². The van der Waals surface area contributed by atoms with Gasteiger partial charge >= 0.3 is 0 Å². The lowest BCUT2D eigenvalue weighted by Crippen LogP contribution is -2.50. The van der Waals surface area contributed by atoms with Crippen LogP contribution in [0.2, 0.25) is 0 Å². The maximum atomic E-state index is 5.71. The number of ether oxygens (including phenoxy) is 1. The SMILES string of the molecule is Cc1ccc(OCCN2CCN(N)CC2)cc1. The van der Waals surface area contributed by atoms with E-state index in [-0.39, 0.29) is 0 Å². The van der Waals surface area contributed by atoms with E-state index in [4.69, 9.17) is 10.6 Å². The summed E-state index contributed by atoms with van der Waals surface area (Å²) in [5.41, 5.74) is 1.26. The Morgan fingerprint density at radius 1 is 1.12 bits per heavy atom. The molecular weight excluding hydrogens is 214 g/mol. The monoisotopic (exact) mass is 235 g/mol. The molecule has 0 amide bonds. The van der Waals surface area contributed by atoms with Crippen molar-refractivity contribution in [2.24, 2.45) is 5.84 Å². The minimum atomic E-state index is 0.744. The summed E-state index contributed by atoms with van der Waals surface area (Å²) in [5, 5.41) is 1.87. The average molecular weight is 235 g/mol. The van der Waals surface area contributed by atoms with Gasteiger partial charge in [0.2, 0.25) is 0 Å². The number of piperazine rings is 1. The summed E-state index contributed by atoms with van der Waals surface area (Å²) in [4.78, 5) is 2.39. The van der Waals surface area contributed by atoms with Gasteiger partial charge in [0.05, 0.1) is 0 Å². The van der Waals surface area contributed by atoms with E-state index in [1.807, 2.05) is 17.1 Å². The Morgan fingerprint density at radius 3 is 2.41 bits per heavy atom. The molecule has 1 fully saturated rings. The molecule has 0 spiro atoms. The predicted octanol–water partition coefficient (Wildman–Crippen LogP) is 0.865. The number of nitrogens with two attached hydrogens (primary N) is 1. The van der Waals surface area contributed by atoms with E-state index in [0.717, 1.165) is 45.1 Å². The van der Waals surface area contributed by atoms with E-state index < -0.39 is 0 Å². The molecule has 1 heterocycles. The van der Waals surface area contributed by atoms with Gasteiger partial charge in [0.25, 0.3) is 0 Å². The Morgan fingerprint density at radius 2 is 1.76 bits per heavy atom. The van der Waals surface area contributed by atoms with Crippen molar-refractivity contribution >= 4 is 0 Å². The largest absolute Gasteiger partial charge is 0.492 e. The minimum absolute atomic E-state index is 0.744. The maximum Gasteiger partial charge on any atom is 0.119 e. The molecule has 0 saturated carbocycles. The molecule has 1 aromatic carbocycles. The second-order valence-electron chi connectivity index (χ2n) is 4.54. The highest BCUT2D eigenvalue weighted by atomic mass is 16.5. The van der Waals surface area contributed by atoms with Gasteiger partial charge in [-0.25, -0.2) is 5.01 Å². The van der Waals surface area contributed by atoms with Crippen molar-refractivity contribution in [1.29, 1.82) is 0 Å². The van der Waals surface area contributed by atoms with Crippen LogP contribution < -0.4 is 10.6 Å². The van der Waals surface area contributed by atoms with Gasteiger partial charge in [-0.3, -0.25) is 10.7 Å². The molecule has 1 aromatic rings. The number of hydrazine groups is 1. The summed E-state index contributed by atoms with van der Waals surface area (Å²) in [5.74, 6) is 6.66. The van der Waals surface area contributed by atoms with Crippen molar-refractivity contribution in [3.05, 3.63) is 29.8 Å². The highest BCUT2D eigenvalue weighted by molar-refractivity contribution is 5.26. The summed E-state index contributed by atoms with van der Waals surface area (Å²) in [6.07, 6.45) is 0. The molecule has 0 aromatic heterocycles. The second-order valence-corrected chi connectivity index (χ2v) is 4.54. The molecule has 0 atom stereocenters. The zero-order valence-corrected chi connectivity index (χ0v) is 10.4. The van der Waals surface area contributed by atoms with Gasteiger partial charge in [0.15, 0.2) is 0 Å². The summed E-state index contributed by atoms with van der Waals surface area (Å²) >= 11 is 0. The Bertz CT molecular complexity index is 331. The number of hydrogen-bond donors (Lipinski definition) is 1. The van der Waals surface area contributed by atoms with Crippen molar-refractivity contribution in [1.82, 2.24) is 9.91 Å². The lowest BCUT2D eigenvalue weighted by Gasteiger charge is -2.31. The highest BCUT2D eigenvalue weighted by Crippen LogP contribution is 2.11. The third kappa shape index (κ3) is 4.00. The lowest BCUT2D eigenvalue weighted by atomic mass is 10.2. The molecule has 4 nitrogen and oxygen atoms in total. The average Bonchev–Trinajstić information content (AvgIpc) is 2.34. The normalized spacial score (nSPS) is 18.2. The van der Waals surface area contributed by atoms with Crippen LogP contribution in [0.25, 0.3) is 0 Å². The third-order valence-electron chi connectivity index (χ3n) is 3.10. The fraction of sp³-hybridized carbons (Fsp3) is 0.538. The van der Waals surface area contributed by atoms with E-state index in [9.17, 15) is 0 Å². The number of hydrogen-bond acceptors (Lipinski definition) is 4. The molecule has 94 valence electrons. The van der Waals surface area contributed by atoms with E-state index >= 15 is 0 Å². The smallest absolute Gasteiger partial charge is 0.119 e. The molecule has 2 N–H and O–H groups in total. The van der Waals surface area contributed by atoms with E-state index in [1.165, 1.54) is 5.56 Å². The van der Waals surface area contributed by atoms with Gasteiger partial charge in [-0.2, -0.15) is 0 Å². The standard InChI is InChI=1S/C13H21N3O/c1-12-2-4-13(5-3-12)17-11-10-15-6-8-16(14)9-7-15/h2-5H,6-11,14H2,1H3. The first kappa shape index (κ1) is 12.4. The Kier molecular flexibility index (Phi) is 4.36. The summed E-state index contributed by atoms with van der Waals surface area (Å²) in [7, 11) is 0. The highest BCUT2D eigenvalue weighted by Gasteiger charge is 2.13. The number of aryl methyl sites for hydroxylation is 1. The van der Waals surface area contributed by atoms with Crippen LogP contribution in [0.4, 0.5) is 0 Å². The molecule has 0 bridgehead atoms. The quantitative estimate of drug-likeness (QED) is 0.786. The zero-order chi connectivity index (χ0) is 12.1.